The summed E-state index contributed by atoms with van der Waals surface area (Å²) in [6.07, 6.45) is 0.961. The van der Waals surface area contributed by atoms with E-state index in [1.807, 2.05) is 38.1 Å². The van der Waals surface area contributed by atoms with Crippen LogP contribution in [0.1, 0.15) is 25.8 Å². The van der Waals surface area contributed by atoms with E-state index in [9.17, 15) is 4.79 Å². The summed E-state index contributed by atoms with van der Waals surface area (Å²) in [6, 6.07) is 7.36. The van der Waals surface area contributed by atoms with Crippen molar-refractivity contribution in [2.75, 3.05) is 11.9 Å². The van der Waals surface area contributed by atoms with Crippen molar-refractivity contribution in [1.29, 1.82) is 0 Å². The molecule has 0 saturated carbocycles. The Kier molecular flexibility index (Phi) is 5.82. The third kappa shape index (κ3) is 4.85. The standard InChI is InChI=1S/C14H22N2O2/c1-10(2)13(15)9-14(18)16-12-5-3-11(4-6-12)7-8-17/h3-6,10,13,17H,7-9,15H2,1-2H3,(H,16,18). The van der Waals surface area contributed by atoms with Crippen molar-refractivity contribution < 1.29 is 9.90 Å². The largest absolute Gasteiger partial charge is 0.396 e. The number of anilines is 1. The van der Waals surface area contributed by atoms with E-state index in [1.165, 1.54) is 0 Å². The third-order valence-electron chi connectivity index (χ3n) is 2.92. The molecule has 1 atom stereocenters. The molecule has 0 radical (unpaired) electrons. The number of nitrogens with two attached hydrogens (primary N) is 1. The van der Waals surface area contributed by atoms with Crippen LogP contribution in [-0.4, -0.2) is 23.7 Å². The van der Waals surface area contributed by atoms with Gasteiger partial charge in [-0.05, 0) is 30.0 Å². The van der Waals surface area contributed by atoms with Gasteiger partial charge in [-0.15, -0.1) is 0 Å². The fraction of sp³-hybridized carbons (Fsp3) is 0.500. The van der Waals surface area contributed by atoms with Gasteiger partial charge >= 0.3 is 0 Å². The van der Waals surface area contributed by atoms with Crippen LogP contribution in [0.4, 0.5) is 5.69 Å². The molecule has 100 valence electrons. The molecular formula is C14H22N2O2. The van der Waals surface area contributed by atoms with Crippen molar-refractivity contribution in [3.8, 4) is 0 Å². The molecule has 1 amide bonds. The lowest BCUT2D eigenvalue weighted by molar-refractivity contribution is -0.116. The molecule has 0 saturated heterocycles. The van der Waals surface area contributed by atoms with Crippen LogP contribution >= 0.6 is 0 Å². The molecule has 0 aliphatic heterocycles. The second kappa shape index (κ2) is 7.13. The van der Waals surface area contributed by atoms with Crippen LogP contribution in [-0.2, 0) is 11.2 Å². The number of carbonyl (C=O) groups is 1. The van der Waals surface area contributed by atoms with Crippen LogP contribution in [0.25, 0.3) is 0 Å². The quantitative estimate of drug-likeness (QED) is 0.716. The molecule has 1 unspecified atom stereocenters. The zero-order chi connectivity index (χ0) is 13.5. The molecule has 0 aliphatic rings. The number of rotatable bonds is 6. The summed E-state index contributed by atoms with van der Waals surface area (Å²) < 4.78 is 0. The molecule has 1 aromatic carbocycles. The summed E-state index contributed by atoms with van der Waals surface area (Å²) in [5, 5.41) is 11.6. The Morgan fingerprint density at radius 1 is 1.33 bits per heavy atom. The first-order valence-electron chi connectivity index (χ1n) is 6.28. The van der Waals surface area contributed by atoms with E-state index in [0.717, 1.165) is 11.3 Å². The Hall–Kier alpha value is -1.39. The molecule has 0 heterocycles. The van der Waals surface area contributed by atoms with E-state index in [2.05, 4.69) is 5.32 Å². The zero-order valence-corrected chi connectivity index (χ0v) is 11.0. The highest BCUT2D eigenvalue weighted by molar-refractivity contribution is 5.91. The number of amides is 1. The summed E-state index contributed by atoms with van der Waals surface area (Å²) in [4.78, 5) is 11.7. The molecule has 0 fully saturated rings. The summed E-state index contributed by atoms with van der Waals surface area (Å²) in [7, 11) is 0. The lowest BCUT2D eigenvalue weighted by Gasteiger charge is -2.15. The lowest BCUT2D eigenvalue weighted by Crippen LogP contribution is -2.31. The normalized spacial score (nSPS) is 12.5. The van der Waals surface area contributed by atoms with Gasteiger partial charge in [0, 0.05) is 24.8 Å². The van der Waals surface area contributed by atoms with E-state index < -0.39 is 0 Å². The van der Waals surface area contributed by atoms with Gasteiger partial charge in [0.25, 0.3) is 0 Å². The minimum absolute atomic E-state index is 0.0638. The van der Waals surface area contributed by atoms with Gasteiger partial charge in [0.2, 0.25) is 5.91 Å². The summed E-state index contributed by atoms with van der Waals surface area (Å²) in [5.41, 5.74) is 7.66. The Morgan fingerprint density at radius 3 is 2.44 bits per heavy atom. The monoisotopic (exact) mass is 250 g/mol. The number of carbonyl (C=O) groups excluding carboxylic acids is 1. The molecule has 18 heavy (non-hydrogen) atoms. The van der Waals surface area contributed by atoms with Gasteiger partial charge in [-0.1, -0.05) is 26.0 Å². The lowest BCUT2D eigenvalue weighted by atomic mass is 10.0. The number of benzene rings is 1. The van der Waals surface area contributed by atoms with Crippen LogP contribution in [0.5, 0.6) is 0 Å². The molecule has 4 heteroatoms. The second-order valence-corrected chi connectivity index (χ2v) is 4.83. The zero-order valence-electron chi connectivity index (χ0n) is 11.0. The fourth-order valence-electron chi connectivity index (χ4n) is 1.55. The second-order valence-electron chi connectivity index (χ2n) is 4.83. The van der Waals surface area contributed by atoms with Crippen molar-refractivity contribution >= 4 is 11.6 Å². The highest BCUT2D eigenvalue weighted by Gasteiger charge is 2.12. The summed E-state index contributed by atoms with van der Waals surface area (Å²) >= 11 is 0. The number of nitrogens with one attached hydrogen (secondary N) is 1. The van der Waals surface area contributed by atoms with E-state index in [-0.39, 0.29) is 18.6 Å². The van der Waals surface area contributed by atoms with Gasteiger partial charge in [-0.3, -0.25) is 4.79 Å². The van der Waals surface area contributed by atoms with Crippen LogP contribution in [0, 0.1) is 5.92 Å². The first-order chi connectivity index (χ1) is 8.52. The fourth-order valence-corrected chi connectivity index (χ4v) is 1.55. The summed E-state index contributed by atoms with van der Waals surface area (Å²) in [6.45, 7) is 4.14. The van der Waals surface area contributed by atoms with Gasteiger partial charge < -0.3 is 16.2 Å². The first kappa shape index (κ1) is 14.7. The third-order valence-corrected chi connectivity index (χ3v) is 2.92. The number of aliphatic hydroxyl groups is 1. The van der Waals surface area contributed by atoms with E-state index in [0.29, 0.717) is 18.8 Å². The van der Waals surface area contributed by atoms with Gasteiger partial charge in [-0.2, -0.15) is 0 Å². The highest BCUT2D eigenvalue weighted by Crippen LogP contribution is 2.11. The maximum Gasteiger partial charge on any atom is 0.225 e. The van der Waals surface area contributed by atoms with Crippen molar-refractivity contribution in [1.82, 2.24) is 0 Å². The Bertz CT molecular complexity index is 374. The average molecular weight is 250 g/mol. The minimum Gasteiger partial charge on any atom is -0.396 e. The van der Waals surface area contributed by atoms with Crippen molar-refractivity contribution in [3.63, 3.8) is 0 Å². The average Bonchev–Trinajstić information content (AvgIpc) is 2.31. The maximum absolute atomic E-state index is 11.7. The van der Waals surface area contributed by atoms with Gasteiger partial charge in [0.1, 0.15) is 0 Å². The van der Waals surface area contributed by atoms with Gasteiger partial charge in [0.15, 0.2) is 0 Å². The Labute approximate surface area is 108 Å². The van der Waals surface area contributed by atoms with Crippen LogP contribution in [0.2, 0.25) is 0 Å². The number of hydrogen-bond acceptors (Lipinski definition) is 3. The molecule has 0 bridgehead atoms. The molecule has 0 spiro atoms. The molecular weight excluding hydrogens is 228 g/mol. The molecule has 0 aliphatic carbocycles. The Balaban J connectivity index is 2.49. The number of hydrogen-bond donors (Lipinski definition) is 3. The number of aliphatic hydroxyl groups excluding tert-OH is 1. The Morgan fingerprint density at radius 2 is 1.94 bits per heavy atom. The topological polar surface area (TPSA) is 75.4 Å². The summed E-state index contributed by atoms with van der Waals surface area (Å²) in [5.74, 6) is 0.230. The maximum atomic E-state index is 11.7. The minimum atomic E-state index is -0.112. The molecule has 1 aromatic rings. The predicted molar refractivity (Wildman–Crippen MR) is 73.3 cm³/mol. The van der Waals surface area contributed by atoms with Crippen LogP contribution in [0.3, 0.4) is 0 Å². The first-order valence-corrected chi connectivity index (χ1v) is 6.28. The van der Waals surface area contributed by atoms with Gasteiger partial charge in [-0.25, -0.2) is 0 Å². The molecule has 4 nitrogen and oxygen atoms in total. The molecule has 0 aromatic heterocycles. The SMILES string of the molecule is CC(C)C(N)CC(=O)Nc1ccc(CCO)cc1. The predicted octanol–water partition coefficient (Wildman–Crippen LogP) is 1.53. The molecule has 1 rings (SSSR count). The van der Waals surface area contributed by atoms with E-state index in [1.54, 1.807) is 0 Å². The van der Waals surface area contributed by atoms with Crippen LogP contribution < -0.4 is 11.1 Å². The molecule has 4 N–H and O–H groups in total. The van der Waals surface area contributed by atoms with E-state index in [4.69, 9.17) is 10.8 Å². The van der Waals surface area contributed by atoms with E-state index >= 15 is 0 Å². The van der Waals surface area contributed by atoms with Crippen LogP contribution in [0.15, 0.2) is 24.3 Å². The smallest absolute Gasteiger partial charge is 0.225 e. The van der Waals surface area contributed by atoms with Gasteiger partial charge in [0.05, 0.1) is 0 Å². The van der Waals surface area contributed by atoms with Crippen molar-refractivity contribution in [2.24, 2.45) is 11.7 Å². The highest BCUT2D eigenvalue weighted by atomic mass is 16.2. The van der Waals surface area contributed by atoms with Crippen molar-refractivity contribution in [3.05, 3.63) is 29.8 Å². The van der Waals surface area contributed by atoms with Crippen molar-refractivity contribution in [2.45, 2.75) is 32.7 Å².